The topological polar surface area (TPSA) is 70.3 Å². The molecule has 0 aliphatic carbocycles. The molecule has 3 N–H and O–H groups in total. The van der Waals surface area contributed by atoms with Crippen LogP contribution in [0.15, 0.2) is 12.3 Å². The second-order valence-electron chi connectivity index (χ2n) is 4.18. The molecule has 86 valence electrons. The molecule has 1 aromatic rings. The molecule has 0 radical (unpaired) electrons. The van der Waals surface area contributed by atoms with Crippen LogP contribution in [0.5, 0.6) is 0 Å². The summed E-state index contributed by atoms with van der Waals surface area (Å²) in [5, 5.41) is 25.4. The van der Waals surface area contributed by atoms with Crippen LogP contribution < -0.4 is 5.32 Å². The Morgan fingerprint density at radius 2 is 2.13 bits per heavy atom. The molecular formula is C10H19N3O2. The highest BCUT2D eigenvalue weighted by Gasteiger charge is 2.21. The minimum atomic E-state index is -0.460. The summed E-state index contributed by atoms with van der Waals surface area (Å²) in [5.74, 6) is 0. The van der Waals surface area contributed by atoms with Gasteiger partial charge in [-0.1, -0.05) is 6.92 Å². The summed E-state index contributed by atoms with van der Waals surface area (Å²) in [5.41, 5.74) is 0.617. The Morgan fingerprint density at radius 3 is 2.60 bits per heavy atom. The first kappa shape index (κ1) is 12.2. The predicted octanol–water partition coefficient (Wildman–Crippen LogP) is -0.499. The SMILES string of the molecule is Cn1nccc1CNCC(C)(CO)CO. The number of hydrogen-bond donors (Lipinski definition) is 3. The van der Waals surface area contributed by atoms with Gasteiger partial charge in [-0.3, -0.25) is 4.68 Å². The summed E-state index contributed by atoms with van der Waals surface area (Å²) in [6.07, 6.45) is 1.74. The van der Waals surface area contributed by atoms with Crippen molar-refractivity contribution in [2.24, 2.45) is 12.5 Å². The van der Waals surface area contributed by atoms with Crippen LogP contribution in [-0.4, -0.2) is 39.8 Å². The van der Waals surface area contributed by atoms with E-state index in [9.17, 15) is 0 Å². The van der Waals surface area contributed by atoms with Crippen molar-refractivity contribution in [3.8, 4) is 0 Å². The average Bonchev–Trinajstić information content (AvgIpc) is 2.64. The molecule has 0 spiro atoms. The Balaban J connectivity index is 2.36. The zero-order valence-electron chi connectivity index (χ0n) is 9.27. The predicted molar refractivity (Wildman–Crippen MR) is 57.2 cm³/mol. The van der Waals surface area contributed by atoms with Crippen molar-refractivity contribution in [2.75, 3.05) is 19.8 Å². The Bertz CT molecular complexity index is 295. The minimum Gasteiger partial charge on any atom is -0.396 e. The zero-order chi connectivity index (χ0) is 11.3. The molecule has 1 rings (SSSR count). The van der Waals surface area contributed by atoms with Crippen molar-refractivity contribution in [3.63, 3.8) is 0 Å². The van der Waals surface area contributed by atoms with Gasteiger partial charge in [-0.15, -0.1) is 0 Å². The zero-order valence-corrected chi connectivity index (χ0v) is 9.27. The van der Waals surface area contributed by atoms with E-state index in [1.54, 1.807) is 10.9 Å². The minimum absolute atomic E-state index is 0.0259. The van der Waals surface area contributed by atoms with Crippen molar-refractivity contribution in [3.05, 3.63) is 18.0 Å². The van der Waals surface area contributed by atoms with Crippen LogP contribution in [0.4, 0.5) is 0 Å². The monoisotopic (exact) mass is 213 g/mol. The third-order valence-corrected chi connectivity index (χ3v) is 2.54. The summed E-state index contributed by atoms with van der Waals surface area (Å²) < 4.78 is 1.79. The molecule has 0 aliphatic heterocycles. The van der Waals surface area contributed by atoms with Crippen molar-refractivity contribution < 1.29 is 10.2 Å². The normalized spacial score (nSPS) is 12.0. The van der Waals surface area contributed by atoms with E-state index in [0.29, 0.717) is 13.1 Å². The van der Waals surface area contributed by atoms with Crippen molar-refractivity contribution in [2.45, 2.75) is 13.5 Å². The quantitative estimate of drug-likeness (QED) is 0.596. The first-order chi connectivity index (χ1) is 7.11. The van der Waals surface area contributed by atoms with Gasteiger partial charge in [0.05, 0.1) is 18.9 Å². The highest BCUT2D eigenvalue weighted by atomic mass is 16.3. The van der Waals surface area contributed by atoms with E-state index in [2.05, 4.69) is 10.4 Å². The highest BCUT2D eigenvalue weighted by Crippen LogP contribution is 2.12. The largest absolute Gasteiger partial charge is 0.396 e. The first-order valence-corrected chi connectivity index (χ1v) is 5.00. The lowest BCUT2D eigenvalue weighted by Gasteiger charge is -2.24. The molecule has 0 fully saturated rings. The van der Waals surface area contributed by atoms with Crippen molar-refractivity contribution in [1.82, 2.24) is 15.1 Å². The van der Waals surface area contributed by atoms with Crippen LogP contribution in [0.3, 0.4) is 0 Å². The lowest BCUT2D eigenvalue weighted by molar-refractivity contribution is 0.0694. The third-order valence-electron chi connectivity index (χ3n) is 2.54. The summed E-state index contributed by atoms with van der Waals surface area (Å²) in [7, 11) is 1.88. The number of aryl methyl sites for hydroxylation is 1. The molecule has 1 aromatic heterocycles. The van der Waals surface area contributed by atoms with Gasteiger partial charge in [-0.25, -0.2) is 0 Å². The molecule has 0 bridgehead atoms. The molecule has 0 aliphatic rings. The van der Waals surface area contributed by atoms with Crippen molar-refractivity contribution >= 4 is 0 Å². The van der Waals surface area contributed by atoms with Gasteiger partial charge in [0.25, 0.3) is 0 Å². The lowest BCUT2D eigenvalue weighted by Crippen LogP contribution is -2.37. The maximum absolute atomic E-state index is 9.08. The Hall–Kier alpha value is -0.910. The molecule has 0 aromatic carbocycles. The van der Waals surface area contributed by atoms with Crippen molar-refractivity contribution in [1.29, 1.82) is 0 Å². The van der Waals surface area contributed by atoms with Gasteiger partial charge in [-0.2, -0.15) is 5.10 Å². The summed E-state index contributed by atoms with van der Waals surface area (Å²) in [6, 6.07) is 1.93. The van der Waals surface area contributed by atoms with Crippen LogP contribution in [0.1, 0.15) is 12.6 Å². The van der Waals surface area contributed by atoms with E-state index in [-0.39, 0.29) is 13.2 Å². The fourth-order valence-electron chi connectivity index (χ4n) is 1.23. The number of aromatic nitrogens is 2. The second kappa shape index (κ2) is 5.25. The van der Waals surface area contributed by atoms with Gasteiger partial charge in [0.2, 0.25) is 0 Å². The van der Waals surface area contributed by atoms with E-state index < -0.39 is 5.41 Å². The highest BCUT2D eigenvalue weighted by molar-refractivity contribution is 4.99. The number of rotatable bonds is 6. The number of aliphatic hydroxyl groups excluding tert-OH is 2. The lowest BCUT2D eigenvalue weighted by atomic mass is 9.93. The van der Waals surface area contributed by atoms with Crippen LogP contribution in [-0.2, 0) is 13.6 Å². The standard InChI is InChI=1S/C10H19N3O2/c1-10(7-14,8-15)6-11-5-9-3-4-12-13(9)2/h3-4,11,14-15H,5-8H2,1-2H3. The average molecular weight is 213 g/mol. The smallest absolute Gasteiger partial charge is 0.0518 e. The van der Waals surface area contributed by atoms with Gasteiger partial charge in [-0.05, 0) is 6.07 Å². The maximum atomic E-state index is 9.08. The first-order valence-electron chi connectivity index (χ1n) is 5.00. The fourth-order valence-corrected chi connectivity index (χ4v) is 1.23. The van der Waals surface area contributed by atoms with E-state index in [1.165, 1.54) is 0 Å². The van der Waals surface area contributed by atoms with E-state index in [1.807, 2.05) is 20.0 Å². The van der Waals surface area contributed by atoms with E-state index in [0.717, 1.165) is 5.69 Å². The molecule has 0 atom stereocenters. The van der Waals surface area contributed by atoms with Crippen LogP contribution in [0.2, 0.25) is 0 Å². The molecule has 0 saturated carbocycles. The molecule has 0 unspecified atom stereocenters. The molecule has 5 heteroatoms. The van der Waals surface area contributed by atoms with Crippen LogP contribution >= 0.6 is 0 Å². The number of nitrogens with one attached hydrogen (secondary N) is 1. The maximum Gasteiger partial charge on any atom is 0.0518 e. The van der Waals surface area contributed by atoms with E-state index >= 15 is 0 Å². The van der Waals surface area contributed by atoms with Crippen LogP contribution in [0, 0.1) is 5.41 Å². The Kier molecular flexibility index (Phi) is 4.26. The fraction of sp³-hybridized carbons (Fsp3) is 0.700. The van der Waals surface area contributed by atoms with Gasteiger partial charge >= 0.3 is 0 Å². The number of hydrogen-bond acceptors (Lipinski definition) is 4. The molecule has 15 heavy (non-hydrogen) atoms. The molecule has 1 heterocycles. The molecular weight excluding hydrogens is 194 g/mol. The Labute approximate surface area is 89.7 Å². The third kappa shape index (κ3) is 3.30. The summed E-state index contributed by atoms with van der Waals surface area (Å²) in [4.78, 5) is 0. The molecule has 0 amide bonds. The van der Waals surface area contributed by atoms with Gasteiger partial charge in [0.15, 0.2) is 0 Å². The van der Waals surface area contributed by atoms with Gasteiger partial charge < -0.3 is 15.5 Å². The van der Waals surface area contributed by atoms with Gasteiger partial charge in [0.1, 0.15) is 0 Å². The molecule has 0 saturated heterocycles. The second-order valence-corrected chi connectivity index (χ2v) is 4.18. The summed E-state index contributed by atoms with van der Waals surface area (Å²) in [6.45, 7) is 3.05. The van der Waals surface area contributed by atoms with Crippen LogP contribution in [0.25, 0.3) is 0 Å². The molecule has 5 nitrogen and oxygen atoms in total. The number of aliphatic hydroxyl groups is 2. The number of nitrogens with zero attached hydrogens (tertiary/aromatic N) is 2. The summed E-state index contributed by atoms with van der Waals surface area (Å²) >= 11 is 0. The van der Waals surface area contributed by atoms with E-state index in [4.69, 9.17) is 10.2 Å². The van der Waals surface area contributed by atoms with Gasteiger partial charge in [0, 0.05) is 31.7 Å². The Morgan fingerprint density at radius 1 is 1.47 bits per heavy atom.